The highest BCUT2D eigenvalue weighted by molar-refractivity contribution is 5.76. The number of carbonyl (C=O) groups excluding carboxylic acids is 1. The highest BCUT2D eigenvalue weighted by Gasteiger charge is 2.71. The number of carbonyl (C=O) groups is 1. The van der Waals surface area contributed by atoms with E-state index in [2.05, 4.69) is 9.88 Å². The molecule has 0 saturated carbocycles. The van der Waals surface area contributed by atoms with Crippen LogP contribution in [-0.4, -0.2) is 82.2 Å². The number of benzene rings is 2. The van der Waals surface area contributed by atoms with Crippen molar-refractivity contribution in [2.75, 3.05) is 32.8 Å². The molecule has 0 aliphatic carbocycles. The van der Waals surface area contributed by atoms with Crippen molar-refractivity contribution in [3.8, 4) is 11.1 Å². The Balaban J connectivity index is 1.48. The second kappa shape index (κ2) is 13.0. The molecular formula is C30H31F6N3O4. The lowest BCUT2D eigenvalue weighted by Gasteiger charge is -2.40. The van der Waals surface area contributed by atoms with Crippen molar-refractivity contribution in [3.05, 3.63) is 89.2 Å². The Morgan fingerprint density at radius 1 is 0.930 bits per heavy atom. The fourth-order valence-electron chi connectivity index (χ4n) is 5.18. The minimum Gasteiger partial charge on any atom is -0.462 e. The first kappa shape index (κ1) is 32.4. The fourth-order valence-corrected chi connectivity index (χ4v) is 5.18. The normalized spacial score (nSPS) is 17.2. The SMILES string of the molecule is Cc1cc(CN2CCN(Cc3ccncc3)[C@@H](C(=O)OCCO)C2)ccc1-c1ccc(C(O)(C(F)(F)F)C(F)(F)F)cc1. The van der Waals surface area contributed by atoms with E-state index in [9.17, 15) is 36.2 Å². The number of aliphatic hydroxyl groups is 2. The minimum atomic E-state index is -5.95. The number of aryl methyl sites for hydroxylation is 1. The number of piperazine rings is 1. The smallest absolute Gasteiger partial charge is 0.430 e. The Labute approximate surface area is 244 Å². The monoisotopic (exact) mass is 611 g/mol. The second-order valence-corrected chi connectivity index (χ2v) is 10.4. The van der Waals surface area contributed by atoms with Crippen LogP contribution in [0.25, 0.3) is 11.1 Å². The minimum absolute atomic E-state index is 0.105. The van der Waals surface area contributed by atoms with Gasteiger partial charge in [0.2, 0.25) is 0 Å². The van der Waals surface area contributed by atoms with Crippen LogP contribution in [-0.2, 0) is 28.2 Å². The van der Waals surface area contributed by atoms with Gasteiger partial charge in [-0.15, -0.1) is 0 Å². The van der Waals surface area contributed by atoms with Gasteiger partial charge in [0.15, 0.2) is 0 Å². The number of halogens is 6. The van der Waals surface area contributed by atoms with E-state index in [1.165, 1.54) is 0 Å². The summed E-state index contributed by atoms with van der Waals surface area (Å²) in [4.78, 5) is 21.0. The quantitative estimate of drug-likeness (QED) is 0.271. The Kier molecular flexibility index (Phi) is 9.79. The maximum absolute atomic E-state index is 13.2. The van der Waals surface area contributed by atoms with Crippen LogP contribution in [0.5, 0.6) is 0 Å². The maximum atomic E-state index is 13.2. The first-order valence-corrected chi connectivity index (χ1v) is 13.4. The fraction of sp³-hybridized carbons (Fsp3) is 0.400. The molecule has 7 nitrogen and oxygen atoms in total. The van der Waals surface area contributed by atoms with E-state index in [4.69, 9.17) is 9.84 Å². The van der Waals surface area contributed by atoms with Gasteiger partial charge in [-0.1, -0.05) is 42.5 Å². The highest BCUT2D eigenvalue weighted by atomic mass is 19.4. The van der Waals surface area contributed by atoms with Gasteiger partial charge < -0.3 is 14.9 Å². The molecule has 1 aliphatic heterocycles. The molecule has 1 aromatic heterocycles. The summed E-state index contributed by atoms with van der Waals surface area (Å²) in [7, 11) is 0. The average Bonchev–Trinajstić information content (AvgIpc) is 2.96. The summed E-state index contributed by atoms with van der Waals surface area (Å²) in [5.74, 6) is -0.439. The molecule has 4 rings (SSSR count). The topological polar surface area (TPSA) is 86.1 Å². The van der Waals surface area contributed by atoms with Crippen molar-refractivity contribution in [1.82, 2.24) is 14.8 Å². The largest absolute Gasteiger partial charge is 0.462 e. The van der Waals surface area contributed by atoms with E-state index in [0.29, 0.717) is 56.0 Å². The molecule has 0 radical (unpaired) electrons. The van der Waals surface area contributed by atoms with E-state index in [-0.39, 0.29) is 13.2 Å². The summed E-state index contributed by atoms with van der Waals surface area (Å²) >= 11 is 0. The molecule has 1 atom stereocenters. The van der Waals surface area contributed by atoms with Gasteiger partial charge in [0.25, 0.3) is 5.60 Å². The molecule has 2 aromatic carbocycles. The zero-order chi connectivity index (χ0) is 31.4. The van der Waals surface area contributed by atoms with Crippen LogP contribution in [0.3, 0.4) is 0 Å². The highest BCUT2D eigenvalue weighted by Crippen LogP contribution is 2.50. The van der Waals surface area contributed by atoms with Crippen LogP contribution >= 0.6 is 0 Å². The van der Waals surface area contributed by atoms with Gasteiger partial charge in [-0.2, -0.15) is 26.3 Å². The van der Waals surface area contributed by atoms with Crippen LogP contribution in [0.4, 0.5) is 26.3 Å². The van der Waals surface area contributed by atoms with Crippen LogP contribution in [0.15, 0.2) is 67.0 Å². The van der Waals surface area contributed by atoms with Gasteiger partial charge in [-0.05, 0) is 46.9 Å². The van der Waals surface area contributed by atoms with Gasteiger partial charge in [0, 0.05) is 50.7 Å². The molecule has 1 fully saturated rings. The van der Waals surface area contributed by atoms with Crippen molar-refractivity contribution in [2.45, 2.75) is 44.0 Å². The zero-order valence-electron chi connectivity index (χ0n) is 23.2. The number of aliphatic hydroxyl groups excluding tert-OH is 1. The summed E-state index contributed by atoms with van der Waals surface area (Å²) < 4.78 is 84.7. The summed E-state index contributed by atoms with van der Waals surface area (Å²) in [6.07, 6.45) is -8.56. The number of nitrogens with zero attached hydrogens (tertiary/aromatic N) is 3. The van der Waals surface area contributed by atoms with E-state index in [1.807, 2.05) is 23.1 Å². The van der Waals surface area contributed by atoms with Crippen LogP contribution in [0.1, 0.15) is 22.3 Å². The van der Waals surface area contributed by atoms with Crippen LogP contribution < -0.4 is 0 Å². The number of rotatable bonds is 9. The van der Waals surface area contributed by atoms with E-state index in [0.717, 1.165) is 28.8 Å². The molecule has 2 heterocycles. The summed E-state index contributed by atoms with van der Waals surface area (Å²) in [5.41, 5.74) is -2.69. The van der Waals surface area contributed by atoms with E-state index in [1.54, 1.807) is 31.5 Å². The summed E-state index contributed by atoms with van der Waals surface area (Å²) in [5, 5.41) is 18.7. The number of alkyl halides is 6. The molecule has 43 heavy (non-hydrogen) atoms. The molecule has 1 aliphatic rings. The molecule has 13 heteroatoms. The third kappa shape index (κ3) is 7.18. The summed E-state index contributed by atoms with van der Waals surface area (Å²) in [6, 6.07) is 12.1. The van der Waals surface area contributed by atoms with Crippen LogP contribution in [0.2, 0.25) is 0 Å². The number of pyridine rings is 1. The molecule has 0 amide bonds. The molecule has 232 valence electrons. The summed E-state index contributed by atoms with van der Waals surface area (Å²) in [6.45, 7) is 3.99. The number of esters is 1. The lowest BCUT2D eigenvalue weighted by Crippen LogP contribution is -2.56. The first-order chi connectivity index (χ1) is 20.2. The molecule has 1 saturated heterocycles. The predicted molar refractivity (Wildman–Crippen MR) is 144 cm³/mol. The Bertz CT molecular complexity index is 1370. The maximum Gasteiger partial charge on any atom is 0.430 e. The molecular weight excluding hydrogens is 580 g/mol. The van der Waals surface area contributed by atoms with Gasteiger partial charge in [0.1, 0.15) is 12.6 Å². The molecule has 0 unspecified atom stereocenters. The van der Waals surface area contributed by atoms with Crippen molar-refractivity contribution in [3.63, 3.8) is 0 Å². The number of hydrogen-bond acceptors (Lipinski definition) is 7. The van der Waals surface area contributed by atoms with Crippen molar-refractivity contribution in [2.24, 2.45) is 0 Å². The number of ether oxygens (including phenoxy) is 1. The second-order valence-electron chi connectivity index (χ2n) is 10.4. The number of hydrogen-bond donors (Lipinski definition) is 2. The third-order valence-corrected chi connectivity index (χ3v) is 7.45. The lowest BCUT2D eigenvalue weighted by molar-refractivity contribution is -0.376. The van der Waals surface area contributed by atoms with Crippen LogP contribution in [0, 0.1) is 6.92 Å². The first-order valence-electron chi connectivity index (χ1n) is 13.4. The van der Waals surface area contributed by atoms with Crippen molar-refractivity contribution >= 4 is 5.97 Å². The zero-order valence-corrected chi connectivity index (χ0v) is 23.2. The molecule has 0 bridgehead atoms. The van der Waals surface area contributed by atoms with Crippen molar-refractivity contribution in [1.29, 1.82) is 0 Å². The Hall–Kier alpha value is -3.52. The average molecular weight is 612 g/mol. The molecule has 0 spiro atoms. The molecule has 3 aromatic rings. The Morgan fingerprint density at radius 3 is 2.16 bits per heavy atom. The van der Waals surface area contributed by atoms with Gasteiger partial charge >= 0.3 is 18.3 Å². The lowest BCUT2D eigenvalue weighted by atomic mass is 9.90. The van der Waals surface area contributed by atoms with Gasteiger partial charge in [-0.3, -0.25) is 19.6 Å². The van der Waals surface area contributed by atoms with Gasteiger partial charge in [0.05, 0.1) is 6.61 Å². The number of aromatic nitrogens is 1. The predicted octanol–water partition coefficient (Wildman–Crippen LogP) is 4.59. The van der Waals surface area contributed by atoms with Gasteiger partial charge in [-0.25, -0.2) is 0 Å². The third-order valence-electron chi connectivity index (χ3n) is 7.45. The Morgan fingerprint density at radius 2 is 1.58 bits per heavy atom. The van der Waals surface area contributed by atoms with E-state index < -0.39 is 35.5 Å². The standard InChI is InChI=1S/C30H31F6N3O4/c1-20-16-22(2-7-25(20)23-3-5-24(6-4-23)28(42,29(31,32)33)30(34,35)36)17-38-12-13-39(18-21-8-10-37-11-9-21)26(19-38)27(41)43-15-14-40/h2-11,16,26,40,42H,12-15,17-19H2,1H3/t26-/m1/s1. The molecule has 2 N–H and O–H groups in total. The van der Waals surface area contributed by atoms with E-state index >= 15 is 0 Å². The van der Waals surface area contributed by atoms with Crippen molar-refractivity contribution < 1.29 is 46.1 Å².